The molecule has 37 heavy (non-hydrogen) atoms. The highest BCUT2D eigenvalue weighted by atomic mass is 16.3. The molecule has 3 aromatic rings. The lowest BCUT2D eigenvalue weighted by atomic mass is 9.75. The molecule has 2 unspecified atom stereocenters. The van der Waals surface area contributed by atoms with Crippen molar-refractivity contribution >= 4 is 12.1 Å². The van der Waals surface area contributed by atoms with Gasteiger partial charge in [0.15, 0.2) is 0 Å². The Balaban J connectivity index is 1.56. The van der Waals surface area contributed by atoms with Gasteiger partial charge in [0.05, 0.1) is 24.2 Å². The molecule has 0 saturated heterocycles. The largest absolute Gasteiger partial charge is 0.508 e. The van der Waals surface area contributed by atoms with E-state index in [-0.39, 0.29) is 31.1 Å². The van der Waals surface area contributed by atoms with Crippen LogP contribution in [0.5, 0.6) is 5.75 Å². The second-order valence-corrected chi connectivity index (χ2v) is 9.74. The van der Waals surface area contributed by atoms with Crippen molar-refractivity contribution < 1.29 is 20.1 Å². The van der Waals surface area contributed by atoms with Gasteiger partial charge in [-0.25, -0.2) is 0 Å². The van der Waals surface area contributed by atoms with Crippen molar-refractivity contribution in [3.63, 3.8) is 0 Å². The highest BCUT2D eigenvalue weighted by Crippen LogP contribution is 2.40. The van der Waals surface area contributed by atoms with Gasteiger partial charge in [0.25, 0.3) is 0 Å². The first-order chi connectivity index (χ1) is 17.8. The third-order valence-corrected chi connectivity index (χ3v) is 7.01. The lowest BCUT2D eigenvalue weighted by Gasteiger charge is -2.36. The number of nitrogens with one attached hydrogen (secondary N) is 1. The van der Waals surface area contributed by atoms with Gasteiger partial charge in [-0.15, -0.1) is 0 Å². The number of carbonyl (C=O) groups is 1. The van der Waals surface area contributed by atoms with Gasteiger partial charge in [-0.1, -0.05) is 73.7 Å². The van der Waals surface area contributed by atoms with E-state index in [4.69, 9.17) is 0 Å². The molecule has 1 heterocycles. The number of aliphatic imine (C=N–C) groups is 1. The smallest absolute Gasteiger partial charge is 0.224 e. The number of aliphatic hydroxyl groups excluding tert-OH is 1. The molecule has 1 aliphatic heterocycles. The summed E-state index contributed by atoms with van der Waals surface area (Å²) in [4.78, 5) is 17.2. The molecule has 1 aliphatic rings. The van der Waals surface area contributed by atoms with Crippen molar-refractivity contribution in [3.05, 3.63) is 113 Å². The van der Waals surface area contributed by atoms with Crippen molar-refractivity contribution in [2.75, 3.05) is 0 Å². The van der Waals surface area contributed by atoms with Gasteiger partial charge in [0.2, 0.25) is 5.91 Å². The molecule has 6 nitrogen and oxygen atoms in total. The Bertz CT molecular complexity index is 1270. The van der Waals surface area contributed by atoms with E-state index >= 15 is 0 Å². The zero-order valence-corrected chi connectivity index (χ0v) is 21.1. The number of amides is 1. The normalized spacial score (nSPS) is 18.0. The van der Waals surface area contributed by atoms with E-state index in [1.54, 1.807) is 18.3 Å². The number of nitrogens with zero attached hydrogens (tertiary/aromatic N) is 1. The zero-order chi connectivity index (χ0) is 26.3. The molecule has 0 fully saturated rings. The summed E-state index contributed by atoms with van der Waals surface area (Å²) >= 11 is 0. The standard InChI is InChI=1S/C31H34N2O4/c1-2-30(14-7-15-33-30)22-31(37,27-12-13-28(35)26(18-27)21-34)19-25-11-6-10-24(16-25)17-29(36)32-20-23-8-4-3-5-9-23/h3-16,18,34-35,37H,2,17,19-22H2,1H3,(H,32,36). The second-order valence-electron chi connectivity index (χ2n) is 9.74. The van der Waals surface area contributed by atoms with Gasteiger partial charge in [0, 0.05) is 31.2 Å². The van der Waals surface area contributed by atoms with E-state index in [0.717, 1.165) is 23.1 Å². The van der Waals surface area contributed by atoms with E-state index in [0.29, 0.717) is 24.1 Å². The maximum absolute atomic E-state index is 12.6. The summed E-state index contributed by atoms with van der Waals surface area (Å²) in [5, 5.41) is 34.9. The topological polar surface area (TPSA) is 102 Å². The molecular formula is C31H34N2O4. The molecule has 0 spiro atoms. The van der Waals surface area contributed by atoms with Crippen LogP contribution in [0.3, 0.4) is 0 Å². The minimum Gasteiger partial charge on any atom is -0.508 e. The number of hydrogen-bond acceptors (Lipinski definition) is 5. The Morgan fingerprint density at radius 3 is 2.46 bits per heavy atom. The van der Waals surface area contributed by atoms with Crippen molar-refractivity contribution in [2.24, 2.45) is 4.99 Å². The zero-order valence-electron chi connectivity index (χ0n) is 21.1. The first-order valence-electron chi connectivity index (χ1n) is 12.6. The maximum atomic E-state index is 12.6. The van der Waals surface area contributed by atoms with Crippen molar-refractivity contribution in [1.29, 1.82) is 0 Å². The summed E-state index contributed by atoms with van der Waals surface area (Å²) < 4.78 is 0. The van der Waals surface area contributed by atoms with Gasteiger partial charge in [-0.05, 0) is 46.9 Å². The van der Waals surface area contributed by atoms with Crippen LogP contribution in [0.4, 0.5) is 0 Å². The minimum atomic E-state index is -1.33. The molecule has 0 radical (unpaired) electrons. The average molecular weight is 499 g/mol. The number of benzene rings is 3. The number of rotatable bonds is 11. The fourth-order valence-corrected chi connectivity index (χ4v) is 4.90. The number of aromatic hydroxyl groups is 1. The Morgan fingerprint density at radius 1 is 1.00 bits per heavy atom. The lowest BCUT2D eigenvalue weighted by Crippen LogP contribution is -2.38. The molecule has 0 aromatic heterocycles. The highest BCUT2D eigenvalue weighted by molar-refractivity contribution is 5.78. The lowest BCUT2D eigenvalue weighted by molar-refractivity contribution is -0.120. The number of allylic oxidation sites excluding steroid dienone is 1. The highest BCUT2D eigenvalue weighted by Gasteiger charge is 2.40. The van der Waals surface area contributed by atoms with Crippen molar-refractivity contribution in [3.8, 4) is 5.75 Å². The predicted octanol–water partition coefficient (Wildman–Crippen LogP) is 4.35. The quantitative estimate of drug-likeness (QED) is 0.316. The number of hydrogen-bond donors (Lipinski definition) is 4. The monoisotopic (exact) mass is 498 g/mol. The van der Waals surface area contributed by atoms with E-state index in [2.05, 4.69) is 10.3 Å². The Labute approximate surface area is 218 Å². The molecule has 0 bridgehead atoms. The van der Waals surface area contributed by atoms with Crippen LogP contribution < -0.4 is 5.32 Å². The Kier molecular flexibility index (Phi) is 8.21. The summed E-state index contributed by atoms with van der Waals surface area (Å²) in [5.74, 6) is -0.0844. The molecule has 0 saturated carbocycles. The fraction of sp³-hybridized carbons (Fsp3) is 0.290. The van der Waals surface area contributed by atoms with E-state index in [1.807, 2.05) is 73.7 Å². The SMILES string of the molecule is CCC1(CC(O)(Cc2cccc(CC(=O)NCc3ccccc3)c2)c2ccc(O)c(CO)c2)C=CC=N1. The summed E-state index contributed by atoms with van der Waals surface area (Å²) in [6.07, 6.45) is 7.24. The maximum Gasteiger partial charge on any atom is 0.224 e. The van der Waals surface area contributed by atoms with E-state index < -0.39 is 11.1 Å². The summed E-state index contributed by atoms with van der Waals surface area (Å²) in [7, 11) is 0. The van der Waals surface area contributed by atoms with Crippen LogP contribution in [0.1, 0.15) is 47.6 Å². The first-order valence-corrected chi connectivity index (χ1v) is 12.6. The molecule has 4 N–H and O–H groups in total. The molecule has 6 heteroatoms. The van der Waals surface area contributed by atoms with E-state index in [1.165, 1.54) is 6.07 Å². The number of aliphatic hydroxyl groups is 2. The van der Waals surface area contributed by atoms with Gasteiger partial charge in [-0.2, -0.15) is 0 Å². The van der Waals surface area contributed by atoms with Gasteiger partial charge >= 0.3 is 0 Å². The minimum absolute atomic E-state index is 0.0129. The fourth-order valence-electron chi connectivity index (χ4n) is 4.90. The number of phenols is 1. The summed E-state index contributed by atoms with van der Waals surface area (Å²) in [5.41, 5.74) is 1.87. The molecule has 4 rings (SSSR count). The van der Waals surface area contributed by atoms with Crippen LogP contribution in [0.25, 0.3) is 0 Å². The van der Waals surface area contributed by atoms with E-state index in [9.17, 15) is 20.1 Å². The Hall–Kier alpha value is -3.74. The van der Waals surface area contributed by atoms with Crippen molar-refractivity contribution in [1.82, 2.24) is 5.32 Å². The van der Waals surface area contributed by atoms with Crippen LogP contribution in [-0.2, 0) is 36.4 Å². The van der Waals surface area contributed by atoms with Gasteiger partial charge in [-0.3, -0.25) is 9.79 Å². The van der Waals surface area contributed by atoms with Crippen molar-refractivity contribution in [2.45, 2.75) is 56.9 Å². The van der Waals surface area contributed by atoms with Crippen LogP contribution in [-0.4, -0.2) is 33.0 Å². The molecule has 0 aliphatic carbocycles. The average Bonchev–Trinajstić information content (AvgIpc) is 3.37. The molecule has 2 atom stereocenters. The first kappa shape index (κ1) is 26.3. The Morgan fingerprint density at radius 2 is 1.76 bits per heavy atom. The molecular weight excluding hydrogens is 464 g/mol. The van der Waals surface area contributed by atoms with Gasteiger partial charge < -0.3 is 20.6 Å². The molecule has 1 amide bonds. The summed E-state index contributed by atoms with van der Waals surface area (Å²) in [6, 6.07) is 22.3. The summed E-state index contributed by atoms with van der Waals surface area (Å²) in [6.45, 7) is 2.18. The number of carbonyl (C=O) groups excluding carboxylic acids is 1. The molecule has 3 aromatic carbocycles. The van der Waals surface area contributed by atoms with Crippen LogP contribution in [0, 0.1) is 0 Å². The molecule has 192 valence electrons. The second kappa shape index (κ2) is 11.5. The van der Waals surface area contributed by atoms with Crippen LogP contribution in [0.15, 0.2) is 89.9 Å². The predicted molar refractivity (Wildman–Crippen MR) is 145 cm³/mol. The van der Waals surface area contributed by atoms with Gasteiger partial charge in [0.1, 0.15) is 5.75 Å². The van der Waals surface area contributed by atoms with Crippen LogP contribution in [0.2, 0.25) is 0 Å². The third-order valence-electron chi connectivity index (χ3n) is 7.01. The third kappa shape index (κ3) is 6.53. The van der Waals surface area contributed by atoms with Crippen LogP contribution >= 0.6 is 0 Å².